The molecule has 2 atom stereocenters. The number of amides is 1. The van der Waals surface area contributed by atoms with E-state index in [1.54, 1.807) is 0 Å². The maximum absolute atomic E-state index is 12.0. The summed E-state index contributed by atoms with van der Waals surface area (Å²) in [4.78, 5) is 23.7. The molecule has 0 heterocycles. The average Bonchev–Trinajstić information content (AvgIpc) is 2.64. The van der Waals surface area contributed by atoms with Crippen LogP contribution in [0, 0.1) is 5.92 Å². The highest BCUT2D eigenvalue weighted by Crippen LogP contribution is 2.16. The molecule has 5 nitrogen and oxygen atoms in total. The van der Waals surface area contributed by atoms with Crippen molar-refractivity contribution in [1.29, 1.82) is 0 Å². The third kappa shape index (κ3) is 5.95. The summed E-state index contributed by atoms with van der Waals surface area (Å²) in [6.07, 6.45) is 0.257. The molecule has 0 spiro atoms. The molecule has 5 heteroatoms. The van der Waals surface area contributed by atoms with Gasteiger partial charge in [0.25, 0.3) is 0 Å². The van der Waals surface area contributed by atoms with Crippen LogP contribution in [-0.2, 0) is 22.6 Å². The molecule has 2 aromatic rings. The van der Waals surface area contributed by atoms with Gasteiger partial charge in [0.1, 0.15) is 6.61 Å². The van der Waals surface area contributed by atoms with E-state index in [0.29, 0.717) is 12.8 Å². The van der Waals surface area contributed by atoms with E-state index in [2.05, 4.69) is 5.32 Å². The van der Waals surface area contributed by atoms with Crippen LogP contribution in [0.3, 0.4) is 0 Å². The number of aliphatic carboxylic acids is 1. The highest BCUT2D eigenvalue weighted by molar-refractivity contribution is 5.74. The molecule has 0 aliphatic heterocycles. The number of nitrogens with one attached hydrogen (secondary N) is 1. The molecule has 25 heavy (non-hydrogen) atoms. The molecule has 2 rings (SSSR count). The van der Waals surface area contributed by atoms with Crippen molar-refractivity contribution in [3.8, 4) is 0 Å². The van der Waals surface area contributed by atoms with Gasteiger partial charge >= 0.3 is 12.1 Å². The van der Waals surface area contributed by atoms with Gasteiger partial charge in [-0.2, -0.15) is 0 Å². The Labute approximate surface area is 147 Å². The van der Waals surface area contributed by atoms with Crippen LogP contribution in [0.15, 0.2) is 60.7 Å². The zero-order valence-electron chi connectivity index (χ0n) is 14.2. The Balaban J connectivity index is 1.95. The molecule has 2 aromatic carbocycles. The molecular formula is C20H23NO4. The number of hydrogen-bond donors (Lipinski definition) is 2. The van der Waals surface area contributed by atoms with Crippen LogP contribution in [0.25, 0.3) is 0 Å². The minimum absolute atomic E-state index is 0.152. The van der Waals surface area contributed by atoms with Crippen molar-refractivity contribution in [3.05, 3.63) is 71.8 Å². The van der Waals surface area contributed by atoms with Crippen LogP contribution in [0.5, 0.6) is 0 Å². The van der Waals surface area contributed by atoms with E-state index in [-0.39, 0.29) is 6.61 Å². The number of alkyl carbamates (subject to hydrolysis) is 1. The van der Waals surface area contributed by atoms with Crippen LogP contribution in [-0.4, -0.2) is 23.2 Å². The number of hydrogen-bond acceptors (Lipinski definition) is 3. The summed E-state index contributed by atoms with van der Waals surface area (Å²) >= 11 is 0. The number of carboxylic acid groups (broad SMARTS) is 1. The summed E-state index contributed by atoms with van der Waals surface area (Å²) < 4.78 is 5.20. The lowest BCUT2D eigenvalue weighted by Crippen LogP contribution is -2.44. The molecule has 0 saturated carbocycles. The van der Waals surface area contributed by atoms with Gasteiger partial charge in [-0.1, -0.05) is 67.6 Å². The van der Waals surface area contributed by atoms with Gasteiger partial charge in [-0.3, -0.25) is 4.79 Å². The van der Waals surface area contributed by atoms with Crippen molar-refractivity contribution in [3.63, 3.8) is 0 Å². The van der Waals surface area contributed by atoms with Crippen molar-refractivity contribution < 1.29 is 19.4 Å². The Bertz CT molecular complexity index is 673. The largest absolute Gasteiger partial charge is 0.481 e. The van der Waals surface area contributed by atoms with Crippen molar-refractivity contribution in [2.75, 3.05) is 0 Å². The molecule has 2 N–H and O–H groups in total. The fourth-order valence-corrected chi connectivity index (χ4v) is 2.67. The van der Waals surface area contributed by atoms with Crippen molar-refractivity contribution >= 4 is 12.1 Å². The molecular weight excluding hydrogens is 318 g/mol. The predicted molar refractivity (Wildman–Crippen MR) is 95.1 cm³/mol. The quantitative estimate of drug-likeness (QED) is 0.769. The Hall–Kier alpha value is -2.82. The minimum atomic E-state index is -0.931. The Morgan fingerprint density at radius 1 is 1.00 bits per heavy atom. The number of carbonyl (C=O) groups excluding carboxylic acids is 1. The van der Waals surface area contributed by atoms with Gasteiger partial charge in [-0.05, 0) is 24.0 Å². The third-order valence-electron chi connectivity index (χ3n) is 4.06. The molecule has 0 unspecified atom stereocenters. The first-order valence-electron chi connectivity index (χ1n) is 8.34. The number of carbonyl (C=O) groups is 2. The van der Waals surface area contributed by atoms with Crippen LogP contribution in [0.2, 0.25) is 0 Å². The summed E-state index contributed by atoms with van der Waals surface area (Å²) in [5.41, 5.74) is 1.80. The Kier molecular flexibility index (Phi) is 7.01. The van der Waals surface area contributed by atoms with E-state index in [1.807, 2.05) is 67.6 Å². The summed E-state index contributed by atoms with van der Waals surface area (Å²) in [5.74, 6) is -1.64. The Morgan fingerprint density at radius 2 is 1.56 bits per heavy atom. The normalized spacial score (nSPS) is 12.8. The molecule has 0 aromatic heterocycles. The van der Waals surface area contributed by atoms with Gasteiger partial charge in [0, 0.05) is 6.04 Å². The van der Waals surface area contributed by atoms with Gasteiger partial charge < -0.3 is 15.2 Å². The number of benzene rings is 2. The Morgan fingerprint density at radius 3 is 2.08 bits per heavy atom. The summed E-state index contributed by atoms with van der Waals surface area (Å²) in [6, 6.07) is 18.2. The average molecular weight is 341 g/mol. The lowest BCUT2D eigenvalue weighted by Gasteiger charge is -2.24. The van der Waals surface area contributed by atoms with E-state index in [0.717, 1.165) is 11.1 Å². The minimum Gasteiger partial charge on any atom is -0.481 e. The fraction of sp³-hybridized carbons (Fsp3) is 0.300. The van der Waals surface area contributed by atoms with Crippen LogP contribution in [0.4, 0.5) is 4.79 Å². The van der Waals surface area contributed by atoms with Gasteiger partial charge in [-0.15, -0.1) is 0 Å². The third-order valence-corrected chi connectivity index (χ3v) is 4.06. The fourth-order valence-electron chi connectivity index (χ4n) is 2.67. The lowest BCUT2D eigenvalue weighted by atomic mass is 9.90. The second-order valence-corrected chi connectivity index (χ2v) is 5.86. The maximum Gasteiger partial charge on any atom is 0.407 e. The summed E-state index contributed by atoms with van der Waals surface area (Å²) in [7, 11) is 0. The van der Waals surface area contributed by atoms with E-state index in [4.69, 9.17) is 4.74 Å². The molecule has 0 radical (unpaired) electrons. The standard InChI is InChI=1S/C20H23NO4/c1-2-18(17(19(22)23)13-15-9-5-3-6-10-15)21-20(24)25-14-16-11-7-4-8-12-16/h3-12,17-18H,2,13-14H2,1H3,(H,21,24)(H,22,23)/t17-,18+/m1/s1. The molecule has 0 saturated heterocycles. The van der Waals surface area contributed by atoms with Gasteiger partial charge in [0.05, 0.1) is 5.92 Å². The zero-order chi connectivity index (χ0) is 18.1. The zero-order valence-corrected chi connectivity index (χ0v) is 14.2. The highest BCUT2D eigenvalue weighted by Gasteiger charge is 2.28. The molecule has 1 amide bonds. The molecule has 0 bridgehead atoms. The number of carboxylic acids is 1. The first kappa shape index (κ1) is 18.5. The smallest absolute Gasteiger partial charge is 0.407 e. The number of rotatable bonds is 8. The molecule has 0 aliphatic carbocycles. The predicted octanol–water partition coefficient (Wildman–Crippen LogP) is 3.63. The first-order chi connectivity index (χ1) is 12.1. The molecule has 0 fully saturated rings. The molecule has 0 aliphatic rings. The van der Waals surface area contributed by atoms with E-state index >= 15 is 0 Å². The SMILES string of the molecule is CC[C@H](NC(=O)OCc1ccccc1)[C@@H](Cc1ccccc1)C(=O)O. The van der Waals surface area contributed by atoms with E-state index in [9.17, 15) is 14.7 Å². The van der Waals surface area contributed by atoms with E-state index in [1.165, 1.54) is 0 Å². The van der Waals surface area contributed by atoms with Gasteiger partial charge in [0.15, 0.2) is 0 Å². The van der Waals surface area contributed by atoms with Gasteiger partial charge in [0.2, 0.25) is 0 Å². The maximum atomic E-state index is 12.0. The van der Waals surface area contributed by atoms with Crippen LogP contribution in [0.1, 0.15) is 24.5 Å². The van der Waals surface area contributed by atoms with E-state index < -0.39 is 24.0 Å². The van der Waals surface area contributed by atoms with Crippen molar-refractivity contribution in [2.45, 2.75) is 32.4 Å². The summed E-state index contributed by atoms with van der Waals surface area (Å²) in [6.45, 7) is 2.00. The summed E-state index contributed by atoms with van der Waals surface area (Å²) in [5, 5.41) is 12.3. The first-order valence-corrected chi connectivity index (χ1v) is 8.34. The topological polar surface area (TPSA) is 75.6 Å². The number of ether oxygens (including phenoxy) is 1. The van der Waals surface area contributed by atoms with Crippen molar-refractivity contribution in [1.82, 2.24) is 5.32 Å². The monoisotopic (exact) mass is 341 g/mol. The van der Waals surface area contributed by atoms with Crippen molar-refractivity contribution in [2.24, 2.45) is 5.92 Å². The second-order valence-electron chi connectivity index (χ2n) is 5.86. The van der Waals surface area contributed by atoms with Gasteiger partial charge in [-0.25, -0.2) is 4.79 Å². The van der Waals surface area contributed by atoms with Crippen LogP contribution >= 0.6 is 0 Å². The van der Waals surface area contributed by atoms with Crippen LogP contribution < -0.4 is 5.32 Å². The highest BCUT2D eigenvalue weighted by atomic mass is 16.5. The lowest BCUT2D eigenvalue weighted by molar-refractivity contribution is -0.142. The second kappa shape index (κ2) is 9.47. The molecule has 132 valence electrons.